The van der Waals surface area contributed by atoms with Crippen LogP contribution in [0, 0.1) is 5.92 Å². The fraction of sp³-hybridized carbons (Fsp3) is 0.765. The summed E-state index contributed by atoms with van der Waals surface area (Å²) in [6.45, 7) is 4.18. The van der Waals surface area contributed by atoms with Crippen molar-refractivity contribution >= 4 is 23.7 Å². The van der Waals surface area contributed by atoms with Gasteiger partial charge in [0.1, 0.15) is 12.1 Å². The van der Waals surface area contributed by atoms with Gasteiger partial charge >= 0.3 is 5.97 Å². The molecule has 2 amide bonds. The number of carbonyl (C=O) groups is 3. The van der Waals surface area contributed by atoms with Crippen molar-refractivity contribution < 1.29 is 19.5 Å². The van der Waals surface area contributed by atoms with Crippen molar-refractivity contribution in [1.29, 1.82) is 0 Å². The Balaban J connectivity index is 4.88. The van der Waals surface area contributed by atoms with Crippen molar-refractivity contribution in [3.8, 4) is 0 Å². The second-order valence-electron chi connectivity index (χ2n) is 6.97. The molecule has 11 heteroatoms. The molecule has 28 heavy (non-hydrogen) atoms. The van der Waals surface area contributed by atoms with Crippen LogP contribution in [-0.4, -0.2) is 60.1 Å². The number of nitrogens with two attached hydrogens (primary N) is 4. The molecule has 0 fully saturated rings. The Hall–Kier alpha value is -2.40. The van der Waals surface area contributed by atoms with E-state index >= 15 is 0 Å². The molecule has 0 rings (SSSR count). The van der Waals surface area contributed by atoms with Gasteiger partial charge in [0.05, 0.1) is 6.04 Å². The highest BCUT2D eigenvalue weighted by molar-refractivity contribution is 5.91. The van der Waals surface area contributed by atoms with E-state index in [1.54, 1.807) is 13.8 Å². The number of guanidine groups is 1. The maximum Gasteiger partial charge on any atom is 0.326 e. The third kappa shape index (κ3) is 10.7. The SMILES string of the molecule is CC(C)C(NC(=O)C(CCCCN)NC(=O)C(N)CCCN=C(N)N)C(=O)O. The summed E-state index contributed by atoms with van der Waals surface area (Å²) in [5.41, 5.74) is 21.8. The van der Waals surface area contributed by atoms with E-state index in [9.17, 15) is 19.5 Å². The maximum atomic E-state index is 12.5. The number of carboxylic acid groups (broad SMARTS) is 1. The molecule has 11 N–H and O–H groups in total. The van der Waals surface area contributed by atoms with E-state index in [-0.39, 0.29) is 11.9 Å². The fourth-order valence-electron chi connectivity index (χ4n) is 2.46. The number of unbranched alkanes of at least 4 members (excludes halogenated alkanes) is 1. The Bertz CT molecular complexity index is 536. The fourth-order valence-corrected chi connectivity index (χ4v) is 2.46. The van der Waals surface area contributed by atoms with Crippen molar-refractivity contribution in [2.24, 2.45) is 33.8 Å². The summed E-state index contributed by atoms with van der Waals surface area (Å²) < 4.78 is 0. The molecule has 0 heterocycles. The quantitative estimate of drug-likeness (QED) is 0.0999. The van der Waals surface area contributed by atoms with Crippen molar-refractivity contribution in [3.05, 3.63) is 0 Å². The minimum absolute atomic E-state index is 0.0344. The smallest absolute Gasteiger partial charge is 0.326 e. The lowest BCUT2D eigenvalue weighted by molar-refractivity contribution is -0.143. The summed E-state index contributed by atoms with van der Waals surface area (Å²) in [4.78, 5) is 40.0. The van der Waals surface area contributed by atoms with E-state index in [1.165, 1.54) is 0 Å². The maximum absolute atomic E-state index is 12.5. The van der Waals surface area contributed by atoms with Crippen LogP contribution in [0.1, 0.15) is 46.0 Å². The van der Waals surface area contributed by atoms with Crippen LogP contribution in [0.25, 0.3) is 0 Å². The lowest BCUT2D eigenvalue weighted by atomic mass is 10.0. The number of hydrogen-bond acceptors (Lipinski definition) is 6. The van der Waals surface area contributed by atoms with E-state index in [1.807, 2.05) is 0 Å². The van der Waals surface area contributed by atoms with Gasteiger partial charge in [-0.25, -0.2) is 4.79 Å². The van der Waals surface area contributed by atoms with Gasteiger partial charge in [0, 0.05) is 6.54 Å². The molecule has 3 atom stereocenters. The minimum atomic E-state index is -1.13. The lowest BCUT2D eigenvalue weighted by Crippen LogP contribution is -2.55. The van der Waals surface area contributed by atoms with Crippen LogP contribution in [0.3, 0.4) is 0 Å². The first kappa shape index (κ1) is 25.6. The van der Waals surface area contributed by atoms with Gasteiger partial charge in [-0.2, -0.15) is 0 Å². The first-order valence-electron chi connectivity index (χ1n) is 9.44. The van der Waals surface area contributed by atoms with Crippen LogP contribution in [0.5, 0.6) is 0 Å². The molecule has 0 aromatic carbocycles. The summed E-state index contributed by atoms with van der Waals surface area (Å²) >= 11 is 0. The van der Waals surface area contributed by atoms with Crippen LogP contribution in [0.4, 0.5) is 0 Å². The number of aliphatic imine (C=N–C) groups is 1. The van der Waals surface area contributed by atoms with E-state index in [0.717, 1.165) is 0 Å². The van der Waals surface area contributed by atoms with Gasteiger partial charge in [-0.3, -0.25) is 14.6 Å². The predicted molar refractivity (Wildman–Crippen MR) is 107 cm³/mol. The predicted octanol–water partition coefficient (Wildman–Crippen LogP) is -1.79. The molecule has 0 aromatic heterocycles. The zero-order valence-electron chi connectivity index (χ0n) is 16.7. The minimum Gasteiger partial charge on any atom is -0.480 e. The van der Waals surface area contributed by atoms with Crippen molar-refractivity contribution in [2.45, 2.75) is 64.1 Å². The molecule has 0 spiro atoms. The number of hydrogen-bond donors (Lipinski definition) is 7. The number of aliphatic carboxylic acids is 1. The first-order valence-corrected chi connectivity index (χ1v) is 9.44. The monoisotopic (exact) mass is 401 g/mol. The molecule has 0 radical (unpaired) electrons. The second kappa shape index (κ2) is 13.7. The Morgan fingerprint density at radius 1 is 1.00 bits per heavy atom. The van der Waals surface area contributed by atoms with Gasteiger partial charge in [-0.15, -0.1) is 0 Å². The Morgan fingerprint density at radius 3 is 2.14 bits per heavy atom. The molecule has 162 valence electrons. The zero-order chi connectivity index (χ0) is 21.7. The summed E-state index contributed by atoms with van der Waals surface area (Å²) in [5.74, 6) is -2.52. The topological polar surface area (TPSA) is 212 Å². The van der Waals surface area contributed by atoms with Gasteiger partial charge in [0.2, 0.25) is 11.8 Å². The summed E-state index contributed by atoms with van der Waals surface area (Å²) in [6.07, 6.45) is 2.46. The molecular weight excluding hydrogens is 366 g/mol. The summed E-state index contributed by atoms with van der Waals surface area (Å²) in [6, 6.07) is -2.77. The number of carboxylic acids is 1. The third-order valence-corrected chi connectivity index (χ3v) is 4.11. The van der Waals surface area contributed by atoms with Gasteiger partial charge in [0.25, 0.3) is 0 Å². The van der Waals surface area contributed by atoms with E-state index in [0.29, 0.717) is 45.2 Å². The second-order valence-corrected chi connectivity index (χ2v) is 6.97. The lowest BCUT2D eigenvalue weighted by Gasteiger charge is -2.24. The third-order valence-electron chi connectivity index (χ3n) is 4.11. The van der Waals surface area contributed by atoms with E-state index < -0.39 is 35.9 Å². The number of amides is 2. The highest BCUT2D eigenvalue weighted by atomic mass is 16.4. The highest BCUT2D eigenvalue weighted by Gasteiger charge is 2.29. The van der Waals surface area contributed by atoms with Crippen molar-refractivity contribution in [3.63, 3.8) is 0 Å². The summed E-state index contributed by atoms with van der Waals surface area (Å²) in [7, 11) is 0. The molecule has 0 aromatic rings. The van der Waals surface area contributed by atoms with Crippen LogP contribution in [-0.2, 0) is 14.4 Å². The largest absolute Gasteiger partial charge is 0.480 e. The van der Waals surface area contributed by atoms with Gasteiger partial charge < -0.3 is 38.7 Å². The molecular formula is C17H35N7O4. The average Bonchev–Trinajstić information content (AvgIpc) is 2.61. The van der Waals surface area contributed by atoms with Gasteiger partial charge in [0.15, 0.2) is 5.96 Å². The average molecular weight is 402 g/mol. The molecule has 0 aliphatic carbocycles. The highest BCUT2D eigenvalue weighted by Crippen LogP contribution is 2.06. The number of nitrogens with one attached hydrogen (secondary N) is 2. The zero-order valence-corrected chi connectivity index (χ0v) is 16.7. The Kier molecular flexibility index (Phi) is 12.5. The molecule has 0 aliphatic heterocycles. The van der Waals surface area contributed by atoms with Crippen molar-refractivity contribution in [1.82, 2.24) is 10.6 Å². The summed E-state index contributed by atoms with van der Waals surface area (Å²) in [5, 5.41) is 14.3. The molecule has 11 nitrogen and oxygen atoms in total. The van der Waals surface area contributed by atoms with Gasteiger partial charge in [-0.05, 0) is 44.6 Å². The van der Waals surface area contributed by atoms with Crippen molar-refractivity contribution in [2.75, 3.05) is 13.1 Å². The number of carbonyl (C=O) groups excluding carboxylic acids is 2. The first-order chi connectivity index (χ1) is 13.1. The van der Waals surface area contributed by atoms with Crippen LogP contribution in [0.15, 0.2) is 4.99 Å². The number of nitrogens with zero attached hydrogens (tertiary/aromatic N) is 1. The number of rotatable bonds is 14. The molecule has 3 unspecified atom stereocenters. The normalized spacial score (nSPS) is 14.0. The van der Waals surface area contributed by atoms with Crippen LogP contribution < -0.4 is 33.6 Å². The molecule has 0 saturated heterocycles. The molecule has 0 aliphatic rings. The Labute approximate surface area is 165 Å². The van der Waals surface area contributed by atoms with E-state index in [4.69, 9.17) is 22.9 Å². The standard InChI is InChI=1S/C17H35N7O4/c1-10(2)13(16(27)28)24-15(26)12(7-3-4-8-18)23-14(25)11(19)6-5-9-22-17(20)21/h10-13H,3-9,18-19H2,1-2H3,(H,23,25)(H,24,26)(H,27,28)(H4,20,21,22). The van der Waals surface area contributed by atoms with Gasteiger partial charge in [-0.1, -0.05) is 13.8 Å². The molecule has 0 bridgehead atoms. The van der Waals surface area contributed by atoms with Crippen LogP contribution in [0.2, 0.25) is 0 Å². The molecule has 0 saturated carbocycles. The Morgan fingerprint density at radius 2 is 1.64 bits per heavy atom. The van der Waals surface area contributed by atoms with E-state index in [2.05, 4.69) is 15.6 Å². The van der Waals surface area contributed by atoms with Crippen LogP contribution >= 0.6 is 0 Å².